The summed E-state index contributed by atoms with van der Waals surface area (Å²) in [5, 5.41) is 4.38. The lowest BCUT2D eigenvalue weighted by atomic mass is 10.0. The molecular formula is C27H27FN4O5. The molecule has 10 heteroatoms. The van der Waals surface area contributed by atoms with Crippen molar-refractivity contribution in [1.82, 2.24) is 9.78 Å². The first-order valence-corrected chi connectivity index (χ1v) is 12.3. The molecule has 2 aliphatic heterocycles. The number of aromatic nitrogens is 2. The number of carbonyl (C=O) groups is 3. The largest absolute Gasteiger partial charge is 0.494 e. The number of methoxy groups -OCH3 is 1. The van der Waals surface area contributed by atoms with Crippen LogP contribution in [0.4, 0.5) is 15.8 Å². The number of halogens is 1. The van der Waals surface area contributed by atoms with Gasteiger partial charge in [-0.3, -0.25) is 9.59 Å². The van der Waals surface area contributed by atoms with Crippen LogP contribution in [0.15, 0.2) is 42.5 Å². The summed E-state index contributed by atoms with van der Waals surface area (Å²) in [6.45, 7) is 2.85. The summed E-state index contributed by atoms with van der Waals surface area (Å²) >= 11 is 0. The molecule has 1 fully saturated rings. The van der Waals surface area contributed by atoms with E-state index in [-0.39, 0.29) is 41.2 Å². The first-order valence-electron chi connectivity index (χ1n) is 12.3. The summed E-state index contributed by atoms with van der Waals surface area (Å²) in [6.07, 6.45) is 2.76. The predicted octanol–water partition coefficient (Wildman–Crippen LogP) is 3.92. The standard InChI is InChI=1S/C27H27FN4O5/c1-3-37-27(35)24-20-13-15-31(18-9-7-17(8-10-18)30-14-5-4-6-23(30)33)26(34)25(20)32(29-24)19-11-12-22(36-2)21(28)16-19/h7-12,16H,3-6,13-15H2,1-2H3. The Morgan fingerprint density at radius 3 is 2.32 bits per heavy atom. The molecule has 1 saturated heterocycles. The minimum atomic E-state index is -0.636. The molecule has 0 atom stereocenters. The Morgan fingerprint density at radius 2 is 1.68 bits per heavy atom. The summed E-state index contributed by atoms with van der Waals surface area (Å²) < 4.78 is 26.0. The molecule has 0 aliphatic carbocycles. The van der Waals surface area contributed by atoms with Crippen LogP contribution < -0.4 is 14.5 Å². The average molecular weight is 507 g/mol. The van der Waals surface area contributed by atoms with E-state index in [0.717, 1.165) is 18.5 Å². The van der Waals surface area contributed by atoms with Gasteiger partial charge in [-0.2, -0.15) is 5.10 Å². The maximum Gasteiger partial charge on any atom is 0.359 e. The lowest BCUT2D eigenvalue weighted by molar-refractivity contribution is -0.119. The van der Waals surface area contributed by atoms with Gasteiger partial charge in [-0.05, 0) is 62.6 Å². The molecule has 0 bridgehead atoms. The van der Waals surface area contributed by atoms with Gasteiger partial charge in [-0.15, -0.1) is 0 Å². The van der Waals surface area contributed by atoms with Crippen LogP contribution in [0.1, 0.15) is 52.7 Å². The van der Waals surface area contributed by atoms with E-state index in [2.05, 4.69) is 5.10 Å². The van der Waals surface area contributed by atoms with Gasteiger partial charge in [0.1, 0.15) is 5.69 Å². The van der Waals surface area contributed by atoms with Crippen LogP contribution in [-0.2, 0) is 16.0 Å². The van der Waals surface area contributed by atoms with E-state index in [1.54, 1.807) is 34.9 Å². The zero-order chi connectivity index (χ0) is 26.1. The molecule has 3 aromatic rings. The molecule has 2 aromatic carbocycles. The van der Waals surface area contributed by atoms with Crippen molar-refractivity contribution in [2.45, 2.75) is 32.6 Å². The van der Waals surface area contributed by atoms with E-state index in [9.17, 15) is 18.8 Å². The normalized spacial score (nSPS) is 15.5. The fraction of sp³-hybridized carbons (Fsp3) is 0.333. The summed E-state index contributed by atoms with van der Waals surface area (Å²) in [6, 6.07) is 11.5. The van der Waals surface area contributed by atoms with Gasteiger partial charge in [0.05, 0.1) is 19.4 Å². The number of hydrogen-bond acceptors (Lipinski definition) is 6. The van der Waals surface area contributed by atoms with Crippen LogP contribution in [0.3, 0.4) is 0 Å². The second kappa shape index (κ2) is 10.0. The number of hydrogen-bond donors (Lipinski definition) is 0. The first-order chi connectivity index (χ1) is 17.9. The number of nitrogens with zero attached hydrogens (tertiary/aromatic N) is 4. The Hall–Kier alpha value is -4.21. The minimum Gasteiger partial charge on any atom is -0.494 e. The Balaban J connectivity index is 1.52. The van der Waals surface area contributed by atoms with Crippen molar-refractivity contribution in [2.75, 3.05) is 36.6 Å². The molecule has 2 amide bonds. The van der Waals surface area contributed by atoms with Gasteiger partial charge >= 0.3 is 5.97 Å². The van der Waals surface area contributed by atoms with Gasteiger partial charge < -0.3 is 19.3 Å². The quantitative estimate of drug-likeness (QED) is 0.471. The molecule has 1 aromatic heterocycles. The van der Waals surface area contributed by atoms with E-state index in [1.807, 2.05) is 12.1 Å². The molecule has 2 aliphatic rings. The number of benzene rings is 2. The molecule has 192 valence electrons. The molecular weight excluding hydrogens is 479 g/mol. The third-order valence-corrected chi connectivity index (χ3v) is 6.66. The summed E-state index contributed by atoms with van der Waals surface area (Å²) in [7, 11) is 1.36. The lowest BCUT2D eigenvalue weighted by Crippen LogP contribution is -2.39. The lowest BCUT2D eigenvalue weighted by Gasteiger charge is -2.29. The number of amides is 2. The van der Waals surface area contributed by atoms with Crippen molar-refractivity contribution in [3.63, 3.8) is 0 Å². The van der Waals surface area contributed by atoms with Crippen LogP contribution in [0.25, 0.3) is 5.69 Å². The van der Waals surface area contributed by atoms with E-state index < -0.39 is 11.8 Å². The average Bonchev–Trinajstić information content (AvgIpc) is 3.30. The predicted molar refractivity (Wildman–Crippen MR) is 134 cm³/mol. The van der Waals surface area contributed by atoms with Crippen LogP contribution in [-0.4, -0.2) is 54.4 Å². The zero-order valence-electron chi connectivity index (χ0n) is 20.7. The van der Waals surface area contributed by atoms with Crippen molar-refractivity contribution in [3.8, 4) is 11.4 Å². The fourth-order valence-corrected chi connectivity index (χ4v) is 4.83. The molecule has 0 N–H and O–H groups in total. The second-order valence-electron chi connectivity index (χ2n) is 8.85. The Kier molecular flexibility index (Phi) is 6.64. The van der Waals surface area contributed by atoms with E-state index in [1.165, 1.54) is 23.9 Å². The van der Waals surface area contributed by atoms with Crippen molar-refractivity contribution >= 4 is 29.2 Å². The van der Waals surface area contributed by atoms with Crippen LogP contribution in [0.5, 0.6) is 5.75 Å². The van der Waals surface area contributed by atoms with E-state index >= 15 is 0 Å². The number of esters is 1. The molecule has 3 heterocycles. The van der Waals surface area contributed by atoms with Gasteiger partial charge in [-0.25, -0.2) is 13.9 Å². The highest BCUT2D eigenvalue weighted by Gasteiger charge is 2.36. The first kappa shape index (κ1) is 24.5. The van der Waals surface area contributed by atoms with Gasteiger partial charge in [0, 0.05) is 42.5 Å². The van der Waals surface area contributed by atoms with Crippen molar-refractivity contribution in [1.29, 1.82) is 0 Å². The zero-order valence-corrected chi connectivity index (χ0v) is 20.7. The maximum atomic E-state index is 14.5. The molecule has 5 rings (SSSR count). The SMILES string of the molecule is CCOC(=O)c1nn(-c2ccc(OC)c(F)c2)c2c1CCN(c1ccc(N3CCCCC3=O)cc1)C2=O. The highest BCUT2D eigenvalue weighted by atomic mass is 19.1. The number of rotatable bonds is 6. The second-order valence-corrected chi connectivity index (χ2v) is 8.85. The number of carbonyl (C=O) groups excluding carboxylic acids is 3. The van der Waals surface area contributed by atoms with Gasteiger partial charge in [-0.1, -0.05) is 0 Å². The molecule has 37 heavy (non-hydrogen) atoms. The smallest absolute Gasteiger partial charge is 0.359 e. The molecule has 0 spiro atoms. The fourth-order valence-electron chi connectivity index (χ4n) is 4.83. The Morgan fingerprint density at radius 1 is 0.973 bits per heavy atom. The highest BCUT2D eigenvalue weighted by molar-refractivity contribution is 6.09. The van der Waals surface area contributed by atoms with Gasteiger partial charge in [0.15, 0.2) is 17.3 Å². The number of ether oxygens (including phenoxy) is 2. The summed E-state index contributed by atoms with van der Waals surface area (Å²) in [4.78, 5) is 42.1. The van der Waals surface area contributed by atoms with Crippen LogP contribution in [0.2, 0.25) is 0 Å². The Labute approximate surface area is 213 Å². The van der Waals surface area contributed by atoms with Crippen molar-refractivity contribution < 1.29 is 28.2 Å². The molecule has 0 saturated carbocycles. The summed E-state index contributed by atoms with van der Waals surface area (Å²) in [5.74, 6) is -1.48. The third-order valence-electron chi connectivity index (χ3n) is 6.66. The van der Waals surface area contributed by atoms with Gasteiger partial charge in [0.25, 0.3) is 5.91 Å². The topological polar surface area (TPSA) is 94.0 Å². The maximum absolute atomic E-state index is 14.5. The monoisotopic (exact) mass is 506 g/mol. The minimum absolute atomic E-state index is 0.0417. The Bertz CT molecular complexity index is 1370. The third kappa shape index (κ3) is 4.43. The van der Waals surface area contributed by atoms with Crippen molar-refractivity contribution in [3.05, 3.63) is 65.2 Å². The highest BCUT2D eigenvalue weighted by Crippen LogP contribution is 2.32. The molecule has 9 nitrogen and oxygen atoms in total. The van der Waals surface area contributed by atoms with E-state index in [0.29, 0.717) is 37.2 Å². The van der Waals surface area contributed by atoms with Crippen LogP contribution >= 0.6 is 0 Å². The number of piperidine rings is 1. The van der Waals surface area contributed by atoms with Crippen LogP contribution in [0, 0.1) is 5.82 Å². The summed E-state index contributed by atoms with van der Waals surface area (Å²) in [5.41, 5.74) is 2.40. The molecule has 0 unspecified atom stereocenters. The number of anilines is 2. The van der Waals surface area contributed by atoms with E-state index in [4.69, 9.17) is 9.47 Å². The van der Waals surface area contributed by atoms with Gasteiger partial charge in [0.2, 0.25) is 5.91 Å². The molecule has 0 radical (unpaired) electrons. The number of fused-ring (bicyclic) bond motifs is 1. The van der Waals surface area contributed by atoms with Crippen molar-refractivity contribution in [2.24, 2.45) is 0 Å².